The lowest BCUT2D eigenvalue weighted by molar-refractivity contribution is -0.144. The smallest absolute Gasteiger partial charge is 0.324 e. The fourth-order valence-corrected chi connectivity index (χ4v) is 2.25. The summed E-state index contributed by atoms with van der Waals surface area (Å²) in [6.45, 7) is 4.76. The van der Waals surface area contributed by atoms with Crippen LogP contribution in [0.15, 0.2) is 0 Å². The molecule has 1 heterocycles. The number of ether oxygens (including phenoxy) is 1. The summed E-state index contributed by atoms with van der Waals surface area (Å²) >= 11 is 0. The van der Waals surface area contributed by atoms with E-state index < -0.39 is 11.5 Å². The predicted molar refractivity (Wildman–Crippen MR) is 66.1 cm³/mol. The molecule has 0 aromatic heterocycles. The van der Waals surface area contributed by atoms with Crippen LogP contribution in [0.4, 0.5) is 0 Å². The van der Waals surface area contributed by atoms with E-state index >= 15 is 0 Å². The molecule has 1 aliphatic heterocycles. The van der Waals surface area contributed by atoms with Gasteiger partial charge in [0.05, 0.1) is 6.61 Å². The molecule has 5 nitrogen and oxygen atoms in total. The Labute approximate surface area is 103 Å². The van der Waals surface area contributed by atoms with Gasteiger partial charge in [-0.15, -0.1) is 0 Å². The quantitative estimate of drug-likeness (QED) is 0.708. The van der Waals surface area contributed by atoms with Crippen molar-refractivity contribution in [1.29, 1.82) is 0 Å². The molecule has 2 atom stereocenters. The Hall–Kier alpha value is -0.650. The minimum absolute atomic E-state index is 0.495. The Bertz CT molecular complexity index is 254. The largest absolute Gasteiger partial charge is 0.480 e. The Morgan fingerprint density at radius 3 is 2.82 bits per heavy atom. The number of hydrogen-bond acceptors (Lipinski definition) is 4. The van der Waals surface area contributed by atoms with Gasteiger partial charge in [-0.2, -0.15) is 0 Å². The van der Waals surface area contributed by atoms with E-state index in [1.165, 1.54) is 6.42 Å². The molecule has 0 aliphatic carbocycles. The number of nitrogens with zero attached hydrogens (tertiary/aromatic N) is 1. The first-order valence-corrected chi connectivity index (χ1v) is 6.16. The molecule has 0 spiro atoms. The Morgan fingerprint density at radius 2 is 2.35 bits per heavy atom. The van der Waals surface area contributed by atoms with Crippen molar-refractivity contribution in [2.75, 3.05) is 40.4 Å². The highest BCUT2D eigenvalue weighted by Crippen LogP contribution is 2.15. The first kappa shape index (κ1) is 14.4. The summed E-state index contributed by atoms with van der Waals surface area (Å²) in [5, 5.41) is 12.0. The third-order valence-corrected chi connectivity index (χ3v) is 3.43. The molecule has 17 heavy (non-hydrogen) atoms. The number of nitrogens with one attached hydrogen (secondary N) is 1. The number of carbonyl (C=O) groups is 1. The van der Waals surface area contributed by atoms with Crippen molar-refractivity contribution < 1.29 is 14.6 Å². The van der Waals surface area contributed by atoms with Gasteiger partial charge in [0, 0.05) is 19.7 Å². The van der Waals surface area contributed by atoms with Crippen LogP contribution in [-0.4, -0.2) is 61.9 Å². The van der Waals surface area contributed by atoms with Crippen molar-refractivity contribution in [3.05, 3.63) is 0 Å². The van der Waals surface area contributed by atoms with Gasteiger partial charge in [-0.3, -0.25) is 4.79 Å². The van der Waals surface area contributed by atoms with Crippen molar-refractivity contribution in [2.45, 2.75) is 25.3 Å². The zero-order valence-electron chi connectivity index (χ0n) is 11.0. The normalized spacial score (nSPS) is 24.6. The van der Waals surface area contributed by atoms with Crippen LogP contribution >= 0.6 is 0 Å². The van der Waals surface area contributed by atoms with Gasteiger partial charge < -0.3 is 20.1 Å². The molecule has 0 saturated carbocycles. The summed E-state index contributed by atoms with van der Waals surface area (Å²) in [7, 11) is 3.65. The van der Waals surface area contributed by atoms with Crippen LogP contribution in [0.1, 0.15) is 19.8 Å². The number of likely N-dealkylation sites (N-methyl/N-ethyl adjacent to an activating group) is 2. The van der Waals surface area contributed by atoms with E-state index in [1.54, 1.807) is 14.0 Å². The van der Waals surface area contributed by atoms with E-state index in [1.807, 2.05) is 7.05 Å². The van der Waals surface area contributed by atoms with E-state index in [-0.39, 0.29) is 0 Å². The molecule has 1 rings (SSSR count). The summed E-state index contributed by atoms with van der Waals surface area (Å²) < 4.78 is 5.43. The summed E-state index contributed by atoms with van der Waals surface area (Å²) in [5.41, 5.74) is -0.885. The van der Waals surface area contributed by atoms with Gasteiger partial charge in [0.2, 0.25) is 0 Å². The molecule has 5 heteroatoms. The summed E-state index contributed by atoms with van der Waals surface area (Å²) in [5.74, 6) is -0.282. The molecule has 100 valence electrons. The molecule has 0 radical (unpaired) electrons. The molecule has 2 unspecified atom stereocenters. The fraction of sp³-hybridized carbons (Fsp3) is 0.917. The monoisotopic (exact) mass is 244 g/mol. The van der Waals surface area contributed by atoms with Gasteiger partial charge >= 0.3 is 5.97 Å². The topological polar surface area (TPSA) is 61.8 Å². The zero-order valence-corrected chi connectivity index (χ0v) is 11.0. The minimum atomic E-state index is -0.885. The third kappa shape index (κ3) is 4.26. The highest BCUT2D eigenvalue weighted by atomic mass is 16.5. The average Bonchev–Trinajstić information content (AvgIpc) is 2.29. The predicted octanol–water partition coefficient (Wildman–Crippen LogP) is 0.408. The first-order valence-electron chi connectivity index (χ1n) is 6.16. The second-order valence-corrected chi connectivity index (χ2v) is 5.17. The number of carboxylic acids is 1. The van der Waals surface area contributed by atoms with E-state index in [2.05, 4.69) is 10.2 Å². The standard InChI is InChI=1S/C12H24N2O3/c1-12(13-2,11(15)16)9-14(3)7-10-5-4-6-17-8-10/h10,13H,4-9H2,1-3H3,(H,15,16). The lowest BCUT2D eigenvalue weighted by Gasteiger charge is -2.32. The average molecular weight is 244 g/mol. The third-order valence-electron chi connectivity index (χ3n) is 3.43. The van der Waals surface area contributed by atoms with Gasteiger partial charge in [0.15, 0.2) is 0 Å². The maximum absolute atomic E-state index is 11.2. The van der Waals surface area contributed by atoms with Crippen molar-refractivity contribution in [3.63, 3.8) is 0 Å². The van der Waals surface area contributed by atoms with Crippen LogP contribution < -0.4 is 5.32 Å². The Kier molecular flexibility index (Phi) is 5.36. The van der Waals surface area contributed by atoms with Crippen LogP contribution in [-0.2, 0) is 9.53 Å². The molecule has 1 saturated heterocycles. The van der Waals surface area contributed by atoms with Crippen LogP contribution in [0.25, 0.3) is 0 Å². The number of hydrogen-bond donors (Lipinski definition) is 2. The first-order chi connectivity index (χ1) is 7.98. The van der Waals surface area contributed by atoms with Crippen LogP contribution in [0, 0.1) is 5.92 Å². The van der Waals surface area contributed by atoms with Crippen molar-refractivity contribution >= 4 is 5.97 Å². The molecule has 1 aliphatic rings. The van der Waals surface area contributed by atoms with Crippen LogP contribution in [0.5, 0.6) is 0 Å². The van der Waals surface area contributed by atoms with Crippen LogP contribution in [0.2, 0.25) is 0 Å². The van der Waals surface area contributed by atoms with Crippen molar-refractivity contribution in [2.24, 2.45) is 5.92 Å². The minimum Gasteiger partial charge on any atom is -0.480 e. The summed E-state index contributed by atoms with van der Waals surface area (Å²) in [6, 6.07) is 0. The molecule has 2 N–H and O–H groups in total. The van der Waals surface area contributed by atoms with Crippen molar-refractivity contribution in [1.82, 2.24) is 10.2 Å². The molecule has 0 aromatic carbocycles. The zero-order chi connectivity index (χ0) is 12.9. The van der Waals surface area contributed by atoms with E-state index in [0.29, 0.717) is 12.5 Å². The summed E-state index contributed by atoms with van der Waals surface area (Å²) in [6.07, 6.45) is 2.29. The van der Waals surface area contributed by atoms with Crippen LogP contribution in [0.3, 0.4) is 0 Å². The second-order valence-electron chi connectivity index (χ2n) is 5.17. The van der Waals surface area contributed by atoms with E-state index in [0.717, 1.165) is 26.2 Å². The maximum atomic E-state index is 11.2. The van der Waals surface area contributed by atoms with Gasteiger partial charge in [-0.1, -0.05) is 0 Å². The molecule has 0 bridgehead atoms. The van der Waals surface area contributed by atoms with E-state index in [9.17, 15) is 9.90 Å². The fourth-order valence-electron chi connectivity index (χ4n) is 2.25. The number of aliphatic carboxylic acids is 1. The highest BCUT2D eigenvalue weighted by Gasteiger charge is 2.33. The molecular weight excluding hydrogens is 220 g/mol. The van der Waals surface area contributed by atoms with Crippen molar-refractivity contribution in [3.8, 4) is 0 Å². The van der Waals surface area contributed by atoms with Gasteiger partial charge in [0.1, 0.15) is 5.54 Å². The maximum Gasteiger partial charge on any atom is 0.324 e. The summed E-state index contributed by atoms with van der Waals surface area (Å²) in [4.78, 5) is 13.2. The van der Waals surface area contributed by atoms with Gasteiger partial charge in [-0.25, -0.2) is 0 Å². The molecule has 1 fully saturated rings. The Balaban J connectivity index is 2.41. The molecular formula is C12H24N2O3. The number of carboxylic acid groups (broad SMARTS) is 1. The highest BCUT2D eigenvalue weighted by molar-refractivity contribution is 5.78. The molecule has 0 aromatic rings. The Morgan fingerprint density at radius 1 is 1.65 bits per heavy atom. The molecule has 0 amide bonds. The lowest BCUT2D eigenvalue weighted by atomic mass is 9.99. The number of rotatable bonds is 6. The second kappa shape index (κ2) is 6.33. The SMILES string of the molecule is CNC(C)(CN(C)CC1CCCOC1)C(=O)O. The van der Waals surface area contributed by atoms with Gasteiger partial charge in [-0.05, 0) is 39.8 Å². The van der Waals surface area contributed by atoms with E-state index in [4.69, 9.17) is 4.74 Å². The van der Waals surface area contributed by atoms with Gasteiger partial charge in [0.25, 0.3) is 0 Å². The lowest BCUT2D eigenvalue weighted by Crippen LogP contribution is -2.55.